The Morgan fingerprint density at radius 1 is 0.712 bits per heavy atom. The van der Waals surface area contributed by atoms with Gasteiger partial charge in [-0.1, -0.05) is 30.7 Å². The zero-order valence-electron chi connectivity index (χ0n) is 33.9. The van der Waals surface area contributed by atoms with Gasteiger partial charge < -0.3 is 38.8 Å². The molecule has 18 heteroatoms. The number of aromatic nitrogens is 2. The van der Waals surface area contributed by atoms with Gasteiger partial charge in [0.1, 0.15) is 31.2 Å². The van der Waals surface area contributed by atoms with Gasteiger partial charge in [0.05, 0.1) is 43.5 Å². The Morgan fingerprint density at radius 3 is 2.00 bits per heavy atom. The van der Waals surface area contributed by atoms with Crippen LogP contribution in [0.15, 0.2) is 65.8 Å². The average molecular weight is 845 g/mol. The van der Waals surface area contributed by atoms with Gasteiger partial charge in [0.25, 0.3) is 15.9 Å². The van der Waals surface area contributed by atoms with Gasteiger partial charge >= 0.3 is 11.9 Å². The Morgan fingerprint density at radius 2 is 1.34 bits per heavy atom. The normalized spacial score (nSPS) is 11.5. The quantitative estimate of drug-likeness (QED) is 0.0619. The second kappa shape index (κ2) is 26.2. The maximum Gasteiger partial charge on any atom is 0.329 e. The number of benzene rings is 2. The first kappa shape index (κ1) is 48.4. The number of unbranched alkanes of at least 4 members (excludes halogenated alkanes) is 2. The van der Waals surface area contributed by atoms with Crippen LogP contribution in [0.3, 0.4) is 0 Å². The molecule has 17 nitrogen and oxygen atoms in total. The molecule has 0 radical (unpaired) electrons. The molecule has 3 aromatic rings. The Bertz CT molecular complexity index is 1830. The van der Waals surface area contributed by atoms with Crippen LogP contribution in [0, 0.1) is 0 Å². The summed E-state index contributed by atoms with van der Waals surface area (Å²) in [5.74, 6) is -1.29. The van der Waals surface area contributed by atoms with Crippen molar-refractivity contribution < 1.29 is 61.1 Å². The predicted octanol–water partition coefficient (Wildman–Crippen LogP) is 4.53. The third-order valence-corrected chi connectivity index (χ3v) is 9.32. The molecule has 1 heterocycles. The summed E-state index contributed by atoms with van der Waals surface area (Å²) in [6.07, 6.45) is 7.21. The molecule has 0 spiro atoms. The van der Waals surface area contributed by atoms with Crippen molar-refractivity contribution in [3.05, 3.63) is 77.6 Å². The van der Waals surface area contributed by atoms with Crippen LogP contribution in [0.5, 0.6) is 5.75 Å². The smallest absolute Gasteiger partial charge is 0.329 e. The van der Waals surface area contributed by atoms with E-state index in [0.29, 0.717) is 25.2 Å². The number of nitrogens with one attached hydrogen (secondary N) is 2. The molecule has 3 N–H and O–H groups in total. The topological polar surface area (TPSA) is 228 Å². The number of carboxylic acids is 1. The molecule has 1 aromatic heterocycles. The van der Waals surface area contributed by atoms with E-state index in [2.05, 4.69) is 20.0 Å². The number of anilines is 1. The van der Waals surface area contributed by atoms with E-state index in [4.69, 9.17) is 33.5 Å². The molecule has 324 valence electrons. The number of sulfonamides is 1. The molecule has 2 aromatic carbocycles. The Kier molecular flexibility index (Phi) is 21.4. The van der Waals surface area contributed by atoms with Crippen LogP contribution in [-0.2, 0) is 61.1 Å². The van der Waals surface area contributed by atoms with Crippen LogP contribution in [0.2, 0.25) is 0 Å². The number of rotatable bonds is 30. The van der Waals surface area contributed by atoms with Gasteiger partial charge in [0.15, 0.2) is 5.78 Å². The summed E-state index contributed by atoms with van der Waals surface area (Å²) >= 11 is 0. The van der Waals surface area contributed by atoms with E-state index < -0.39 is 27.5 Å². The van der Waals surface area contributed by atoms with Gasteiger partial charge in [-0.15, -0.1) is 0 Å². The number of aryl methyl sites for hydroxylation is 1. The van der Waals surface area contributed by atoms with Gasteiger partial charge in [0.2, 0.25) is 5.95 Å². The molecule has 0 saturated heterocycles. The van der Waals surface area contributed by atoms with E-state index in [-0.39, 0.29) is 94.0 Å². The van der Waals surface area contributed by atoms with Crippen LogP contribution >= 0.6 is 0 Å². The summed E-state index contributed by atoms with van der Waals surface area (Å²) in [7, 11) is -4.01. The number of amides is 1. The molecule has 0 unspecified atom stereocenters. The number of ketones is 1. The van der Waals surface area contributed by atoms with E-state index >= 15 is 0 Å². The Labute approximate surface area is 345 Å². The lowest BCUT2D eigenvalue weighted by molar-refractivity contribution is -0.155. The molecule has 0 saturated carbocycles. The number of carboxylic acid groups (broad SMARTS) is 1. The molecule has 0 aliphatic heterocycles. The zero-order valence-corrected chi connectivity index (χ0v) is 34.8. The second-order valence-corrected chi connectivity index (χ2v) is 15.9. The highest BCUT2D eigenvalue weighted by Gasteiger charge is 2.17. The standard InChI is InChI=1S/C41H56N4O13S/c1-41(2,3)58-38(49)10-6-4-5-8-31-11-15-35(16-12-31)57-28-32-13-17-36(18-14-32)59(51,52)45-40-43-26-33(27-44-40)39(50)42-19-21-54-23-24-55-29-34(46)9-7-20-53-22-25-56-30-37(47)48/h11-18,26-27H,4-10,19-25,28-30H2,1-3H3,(H,42,50)(H,47,48)(H,43,44,45). The molecule has 1 amide bonds. The molecule has 0 aliphatic carbocycles. The van der Waals surface area contributed by atoms with Crippen LogP contribution in [0.1, 0.15) is 80.8 Å². The fourth-order valence-corrected chi connectivity index (χ4v) is 6.05. The average Bonchev–Trinajstić information content (AvgIpc) is 3.19. The highest BCUT2D eigenvalue weighted by atomic mass is 32.2. The van der Waals surface area contributed by atoms with Gasteiger partial charge in [0, 0.05) is 38.4 Å². The fraction of sp³-hybridized carbons (Fsp3) is 0.512. The number of carbonyl (C=O) groups excluding carboxylic acids is 3. The summed E-state index contributed by atoms with van der Waals surface area (Å²) < 4.78 is 60.3. The summed E-state index contributed by atoms with van der Waals surface area (Å²) in [6.45, 7) is 6.94. The van der Waals surface area contributed by atoms with Crippen molar-refractivity contribution in [3.63, 3.8) is 0 Å². The molecular weight excluding hydrogens is 789 g/mol. The summed E-state index contributed by atoms with van der Waals surface area (Å²) in [5.41, 5.74) is 1.60. The first-order valence-electron chi connectivity index (χ1n) is 19.4. The Balaban J connectivity index is 1.26. The Hall–Kier alpha value is -5.01. The maximum atomic E-state index is 13.0. The van der Waals surface area contributed by atoms with Crippen molar-refractivity contribution in [2.45, 2.75) is 82.8 Å². The summed E-state index contributed by atoms with van der Waals surface area (Å²) in [4.78, 5) is 54.5. The van der Waals surface area contributed by atoms with E-state index in [1.165, 1.54) is 30.1 Å². The number of esters is 1. The number of aliphatic carboxylic acids is 1. The van der Waals surface area contributed by atoms with Crippen molar-refractivity contribution in [2.24, 2.45) is 0 Å². The van der Waals surface area contributed by atoms with Crippen LogP contribution in [-0.4, -0.2) is 112 Å². The van der Waals surface area contributed by atoms with Crippen molar-refractivity contribution >= 4 is 39.6 Å². The third kappa shape index (κ3) is 21.5. The maximum absolute atomic E-state index is 13.0. The molecule has 0 aliphatic rings. The summed E-state index contributed by atoms with van der Waals surface area (Å²) in [5, 5.41) is 11.1. The van der Waals surface area contributed by atoms with Crippen LogP contribution in [0.25, 0.3) is 0 Å². The molecule has 0 fully saturated rings. The lowest BCUT2D eigenvalue weighted by Crippen LogP contribution is -2.28. The lowest BCUT2D eigenvalue weighted by Gasteiger charge is -2.19. The van der Waals surface area contributed by atoms with E-state index in [0.717, 1.165) is 31.2 Å². The van der Waals surface area contributed by atoms with Crippen molar-refractivity contribution in [2.75, 3.05) is 64.1 Å². The number of hydrogen-bond acceptors (Lipinski definition) is 14. The largest absolute Gasteiger partial charge is 0.489 e. The van der Waals surface area contributed by atoms with Gasteiger partial charge in [-0.3, -0.25) is 14.4 Å². The number of Topliss-reactive ketones (excluding diaryl/α,β-unsaturated/α-hetero) is 1. The van der Waals surface area contributed by atoms with E-state index in [9.17, 15) is 27.6 Å². The summed E-state index contributed by atoms with van der Waals surface area (Å²) in [6, 6.07) is 14.0. The van der Waals surface area contributed by atoms with Gasteiger partial charge in [-0.25, -0.2) is 27.9 Å². The SMILES string of the molecule is CC(C)(C)OC(=O)CCCCCc1ccc(OCc2ccc(S(=O)(=O)Nc3ncc(C(=O)NCCOCCOCC(=O)CCCOCCOCC(=O)O)cn3)cc2)cc1. The van der Waals surface area contributed by atoms with Gasteiger partial charge in [-0.05, 0) is 81.8 Å². The predicted molar refractivity (Wildman–Crippen MR) is 216 cm³/mol. The van der Waals surface area contributed by atoms with E-state index in [1.807, 2.05) is 45.0 Å². The van der Waals surface area contributed by atoms with Crippen molar-refractivity contribution in [3.8, 4) is 5.75 Å². The number of nitrogens with zero attached hydrogens (tertiary/aromatic N) is 2. The van der Waals surface area contributed by atoms with Gasteiger partial charge in [-0.2, -0.15) is 0 Å². The minimum absolute atomic E-state index is 0.000164. The minimum Gasteiger partial charge on any atom is -0.489 e. The molecule has 0 atom stereocenters. The first-order chi connectivity index (χ1) is 28.2. The number of carbonyl (C=O) groups is 4. The van der Waals surface area contributed by atoms with Crippen LogP contribution < -0.4 is 14.8 Å². The van der Waals surface area contributed by atoms with Crippen molar-refractivity contribution in [1.82, 2.24) is 15.3 Å². The number of hydrogen-bond donors (Lipinski definition) is 3. The van der Waals surface area contributed by atoms with Crippen LogP contribution in [0.4, 0.5) is 5.95 Å². The first-order valence-corrected chi connectivity index (χ1v) is 20.9. The zero-order chi connectivity index (χ0) is 42.9. The molecule has 59 heavy (non-hydrogen) atoms. The third-order valence-electron chi connectivity index (χ3n) is 7.98. The lowest BCUT2D eigenvalue weighted by atomic mass is 10.1. The monoisotopic (exact) mass is 844 g/mol. The minimum atomic E-state index is -4.01. The highest BCUT2D eigenvalue weighted by Crippen LogP contribution is 2.19. The van der Waals surface area contributed by atoms with E-state index in [1.54, 1.807) is 12.1 Å². The molecular formula is C41H56N4O13S. The number of ether oxygens (including phenoxy) is 6. The van der Waals surface area contributed by atoms with Crippen molar-refractivity contribution in [1.29, 1.82) is 0 Å². The molecule has 3 rings (SSSR count). The highest BCUT2D eigenvalue weighted by molar-refractivity contribution is 7.92. The second-order valence-electron chi connectivity index (χ2n) is 14.2. The molecule has 0 bridgehead atoms. The fourth-order valence-electron chi connectivity index (χ4n) is 5.10.